The van der Waals surface area contributed by atoms with Gasteiger partial charge in [0.15, 0.2) is 0 Å². The number of nitro groups is 1. The zero-order chi connectivity index (χ0) is 17.8. The lowest BCUT2D eigenvalue weighted by atomic mass is 10.2. The molecule has 1 rings (SSSR count). The van der Waals surface area contributed by atoms with Gasteiger partial charge in [-0.1, -0.05) is 0 Å². The SMILES string of the molecule is CN(CC(F)(F)F)C(=O)CSc1ccc(C(N)=O)cc1[N+](=O)[O-]. The molecule has 126 valence electrons. The number of nitrogens with two attached hydrogens (primary N) is 1. The van der Waals surface area contributed by atoms with E-state index in [1.165, 1.54) is 12.1 Å². The molecule has 2 N–H and O–H groups in total. The van der Waals surface area contributed by atoms with Crippen LogP contribution in [-0.4, -0.2) is 47.2 Å². The summed E-state index contributed by atoms with van der Waals surface area (Å²) in [4.78, 5) is 33.3. The predicted octanol–water partition coefficient (Wildman–Crippen LogP) is 1.81. The van der Waals surface area contributed by atoms with Crippen molar-refractivity contribution in [3.8, 4) is 0 Å². The largest absolute Gasteiger partial charge is 0.406 e. The number of hydrogen-bond acceptors (Lipinski definition) is 5. The maximum Gasteiger partial charge on any atom is 0.406 e. The molecule has 0 bridgehead atoms. The summed E-state index contributed by atoms with van der Waals surface area (Å²) in [6.07, 6.45) is -4.52. The molecule has 1 aromatic carbocycles. The Hall–Kier alpha value is -2.30. The normalized spacial score (nSPS) is 11.1. The lowest BCUT2D eigenvalue weighted by Crippen LogP contribution is -2.36. The summed E-state index contributed by atoms with van der Waals surface area (Å²) in [5.41, 5.74) is 4.49. The summed E-state index contributed by atoms with van der Waals surface area (Å²) >= 11 is 0.706. The first kappa shape index (κ1) is 18.7. The number of carbonyl (C=O) groups is 2. The van der Waals surface area contributed by atoms with Gasteiger partial charge >= 0.3 is 6.18 Å². The van der Waals surface area contributed by atoms with E-state index in [4.69, 9.17) is 5.73 Å². The number of hydrogen-bond donors (Lipinski definition) is 1. The molecule has 0 aliphatic heterocycles. The lowest BCUT2D eigenvalue weighted by Gasteiger charge is -2.18. The average Bonchev–Trinajstić information content (AvgIpc) is 2.42. The van der Waals surface area contributed by atoms with Crippen LogP contribution in [0.3, 0.4) is 0 Å². The highest BCUT2D eigenvalue weighted by Gasteiger charge is 2.31. The third kappa shape index (κ3) is 5.77. The second-order valence-electron chi connectivity index (χ2n) is 4.46. The van der Waals surface area contributed by atoms with Gasteiger partial charge in [0.25, 0.3) is 5.69 Å². The lowest BCUT2D eigenvalue weighted by molar-refractivity contribution is -0.387. The van der Waals surface area contributed by atoms with E-state index >= 15 is 0 Å². The van der Waals surface area contributed by atoms with Crippen molar-refractivity contribution >= 4 is 29.3 Å². The molecule has 0 unspecified atom stereocenters. The quantitative estimate of drug-likeness (QED) is 0.478. The van der Waals surface area contributed by atoms with Gasteiger partial charge in [-0.05, 0) is 12.1 Å². The molecule has 0 saturated heterocycles. The summed E-state index contributed by atoms with van der Waals surface area (Å²) in [6.45, 7) is -1.41. The van der Waals surface area contributed by atoms with E-state index < -0.39 is 40.9 Å². The number of nitrogens with zero attached hydrogens (tertiary/aromatic N) is 2. The monoisotopic (exact) mass is 351 g/mol. The van der Waals surface area contributed by atoms with Crippen molar-refractivity contribution in [2.75, 3.05) is 19.3 Å². The Bertz CT molecular complexity index is 636. The van der Waals surface area contributed by atoms with E-state index in [1.807, 2.05) is 0 Å². The first-order chi connectivity index (χ1) is 10.5. The van der Waals surface area contributed by atoms with Crippen LogP contribution in [0.2, 0.25) is 0 Å². The summed E-state index contributed by atoms with van der Waals surface area (Å²) in [5, 5.41) is 11.0. The second-order valence-corrected chi connectivity index (χ2v) is 5.47. The molecule has 0 heterocycles. The van der Waals surface area contributed by atoms with Crippen LogP contribution in [0.4, 0.5) is 18.9 Å². The molecule has 1 aromatic rings. The van der Waals surface area contributed by atoms with E-state index in [0.29, 0.717) is 16.7 Å². The van der Waals surface area contributed by atoms with Crippen LogP contribution in [0.5, 0.6) is 0 Å². The van der Waals surface area contributed by atoms with Gasteiger partial charge in [0, 0.05) is 18.7 Å². The molecule has 0 spiro atoms. The summed E-state index contributed by atoms with van der Waals surface area (Å²) in [7, 11) is 0.987. The molecule has 2 amide bonds. The fourth-order valence-corrected chi connectivity index (χ4v) is 2.49. The minimum Gasteiger partial charge on any atom is -0.366 e. The van der Waals surface area contributed by atoms with Crippen LogP contribution in [0.1, 0.15) is 10.4 Å². The fraction of sp³-hybridized carbons (Fsp3) is 0.333. The number of thioether (sulfide) groups is 1. The van der Waals surface area contributed by atoms with E-state index in [9.17, 15) is 32.9 Å². The molecule has 0 aliphatic rings. The van der Waals surface area contributed by atoms with Crippen molar-refractivity contribution < 1.29 is 27.7 Å². The van der Waals surface area contributed by atoms with Crippen molar-refractivity contribution in [3.05, 3.63) is 33.9 Å². The van der Waals surface area contributed by atoms with Crippen LogP contribution in [0, 0.1) is 10.1 Å². The minimum atomic E-state index is -4.52. The van der Waals surface area contributed by atoms with Crippen LogP contribution < -0.4 is 5.73 Å². The molecular weight excluding hydrogens is 339 g/mol. The fourth-order valence-electron chi connectivity index (χ4n) is 1.54. The van der Waals surface area contributed by atoms with Crippen LogP contribution in [0.15, 0.2) is 23.1 Å². The van der Waals surface area contributed by atoms with E-state index in [0.717, 1.165) is 13.1 Å². The number of benzene rings is 1. The number of halogens is 3. The highest BCUT2D eigenvalue weighted by atomic mass is 32.2. The Kier molecular flexibility index (Phi) is 5.96. The number of rotatable bonds is 6. The van der Waals surface area contributed by atoms with Gasteiger partial charge in [0.2, 0.25) is 11.8 Å². The molecular formula is C12H12F3N3O4S. The molecule has 7 nitrogen and oxygen atoms in total. The van der Waals surface area contributed by atoms with Gasteiger partial charge in [-0.3, -0.25) is 19.7 Å². The van der Waals surface area contributed by atoms with E-state index in [2.05, 4.69) is 0 Å². The standard InChI is InChI=1S/C12H12F3N3O4S/c1-17(6-12(13,14)15)10(19)5-23-9-3-2-7(11(16)20)4-8(9)18(21)22/h2-4H,5-6H2,1H3,(H2,16,20). The number of carbonyl (C=O) groups excluding carboxylic acids is 2. The predicted molar refractivity (Wildman–Crippen MR) is 76.0 cm³/mol. The first-order valence-corrected chi connectivity index (χ1v) is 7.01. The molecule has 0 fully saturated rings. The second kappa shape index (κ2) is 7.31. The molecule has 0 saturated carbocycles. The van der Waals surface area contributed by atoms with Crippen LogP contribution >= 0.6 is 11.8 Å². The zero-order valence-corrected chi connectivity index (χ0v) is 12.6. The minimum absolute atomic E-state index is 0.0498. The summed E-state index contributed by atoms with van der Waals surface area (Å²) in [6, 6.07) is 3.41. The third-order valence-electron chi connectivity index (χ3n) is 2.63. The Labute approximate surface area is 132 Å². The van der Waals surface area contributed by atoms with Gasteiger partial charge in [-0.15, -0.1) is 11.8 Å². The number of alkyl halides is 3. The smallest absolute Gasteiger partial charge is 0.366 e. The van der Waals surface area contributed by atoms with E-state index in [-0.39, 0.29) is 10.5 Å². The molecule has 11 heteroatoms. The van der Waals surface area contributed by atoms with Crippen molar-refractivity contribution in [1.29, 1.82) is 0 Å². The van der Waals surface area contributed by atoms with Crippen molar-refractivity contribution in [2.24, 2.45) is 5.73 Å². The molecule has 0 aromatic heterocycles. The van der Waals surface area contributed by atoms with Gasteiger partial charge in [0.05, 0.1) is 15.6 Å². The van der Waals surface area contributed by atoms with Crippen LogP contribution in [-0.2, 0) is 4.79 Å². The Morgan fingerprint density at radius 2 is 2.00 bits per heavy atom. The van der Waals surface area contributed by atoms with Crippen molar-refractivity contribution in [3.63, 3.8) is 0 Å². The molecule has 0 aliphatic carbocycles. The maximum absolute atomic E-state index is 12.2. The summed E-state index contributed by atoms with van der Waals surface area (Å²) in [5.74, 6) is -2.10. The Balaban J connectivity index is 2.83. The molecule has 23 heavy (non-hydrogen) atoms. The van der Waals surface area contributed by atoms with Gasteiger partial charge in [-0.25, -0.2) is 0 Å². The Morgan fingerprint density at radius 1 is 1.39 bits per heavy atom. The van der Waals surface area contributed by atoms with Gasteiger partial charge in [0.1, 0.15) is 6.54 Å². The Morgan fingerprint density at radius 3 is 2.48 bits per heavy atom. The van der Waals surface area contributed by atoms with Crippen LogP contribution in [0.25, 0.3) is 0 Å². The van der Waals surface area contributed by atoms with E-state index in [1.54, 1.807) is 0 Å². The molecule has 0 radical (unpaired) electrons. The first-order valence-electron chi connectivity index (χ1n) is 6.03. The van der Waals surface area contributed by atoms with Gasteiger partial charge < -0.3 is 10.6 Å². The van der Waals surface area contributed by atoms with Crippen molar-refractivity contribution in [1.82, 2.24) is 4.90 Å². The maximum atomic E-state index is 12.2. The number of primary amides is 1. The van der Waals surface area contributed by atoms with Crippen molar-refractivity contribution in [2.45, 2.75) is 11.1 Å². The van der Waals surface area contributed by atoms with Gasteiger partial charge in [-0.2, -0.15) is 13.2 Å². The number of nitro benzene ring substituents is 1. The topological polar surface area (TPSA) is 107 Å². The highest BCUT2D eigenvalue weighted by Crippen LogP contribution is 2.30. The molecule has 0 atom stereocenters. The average molecular weight is 351 g/mol. The zero-order valence-electron chi connectivity index (χ0n) is 11.8. The highest BCUT2D eigenvalue weighted by molar-refractivity contribution is 8.00. The third-order valence-corrected chi connectivity index (χ3v) is 3.68. The summed E-state index contributed by atoms with van der Waals surface area (Å²) < 4.78 is 36.6. The number of amides is 2.